The van der Waals surface area contributed by atoms with Crippen LogP contribution in [-0.4, -0.2) is 64.7 Å². The number of aliphatic hydroxyl groups excluding tert-OH is 1. The van der Waals surface area contributed by atoms with Crippen LogP contribution in [0.1, 0.15) is 29.8 Å². The molecule has 1 aliphatic rings. The first-order chi connectivity index (χ1) is 17.3. The van der Waals surface area contributed by atoms with Crippen molar-refractivity contribution in [2.24, 2.45) is 5.92 Å². The summed E-state index contributed by atoms with van der Waals surface area (Å²) in [6.07, 6.45) is 1.13. The molecule has 2 heterocycles. The van der Waals surface area contributed by atoms with Crippen LogP contribution in [0.5, 0.6) is 5.88 Å². The Morgan fingerprint density at radius 1 is 1.14 bits per heavy atom. The first-order valence-corrected chi connectivity index (χ1v) is 12.0. The number of benzene rings is 2. The predicted molar refractivity (Wildman–Crippen MR) is 134 cm³/mol. The highest BCUT2D eigenvalue weighted by molar-refractivity contribution is 5.98. The van der Waals surface area contributed by atoms with Crippen LogP contribution in [0, 0.1) is 17.6 Å². The van der Waals surface area contributed by atoms with Gasteiger partial charge in [0.05, 0.1) is 12.6 Å². The molecular weight excluding hydrogens is 464 g/mol. The molecule has 0 bridgehead atoms. The molecule has 3 aromatic rings. The highest BCUT2D eigenvalue weighted by atomic mass is 19.1. The summed E-state index contributed by atoms with van der Waals surface area (Å²) in [5, 5.41) is 9.84. The van der Waals surface area contributed by atoms with Gasteiger partial charge in [0.1, 0.15) is 23.3 Å². The van der Waals surface area contributed by atoms with E-state index in [1.165, 1.54) is 18.3 Å². The van der Waals surface area contributed by atoms with Crippen molar-refractivity contribution in [1.29, 1.82) is 0 Å². The number of pyridine rings is 1. The summed E-state index contributed by atoms with van der Waals surface area (Å²) < 4.78 is 34.9. The zero-order valence-electron chi connectivity index (χ0n) is 20.7. The van der Waals surface area contributed by atoms with Crippen molar-refractivity contribution in [3.05, 3.63) is 83.6 Å². The molecule has 1 amide bonds. The number of likely N-dealkylation sites (N-methyl/N-ethyl adjacent to an activating group) is 1. The van der Waals surface area contributed by atoms with Crippen LogP contribution in [0.4, 0.5) is 8.78 Å². The Bertz CT molecular complexity index is 1220. The predicted octanol–water partition coefficient (Wildman–Crippen LogP) is 4.38. The maximum Gasteiger partial charge on any atom is 0.259 e. The molecule has 0 saturated heterocycles. The van der Waals surface area contributed by atoms with Gasteiger partial charge < -0.3 is 14.7 Å². The number of ether oxygens (including phenoxy) is 1. The van der Waals surface area contributed by atoms with E-state index in [0.717, 1.165) is 0 Å². The number of carbonyl (C=O) groups excluding carboxylic acids is 1. The van der Waals surface area contributed by atoms with Crippen molar-refractivity contribution in [2.75, 3.05) is 26.7 Å². The highest BCUT2D eigenvalue weighted by Gasteiger charge is 2.34. The van der Waals surface area contributed by atoms with Gasteiger partial charge in [-0.2, -0.15) is 0 Å². The van der Waals surface area contributed by atoms with E-state index in [4.69, 9.17) is 4.74 Å². The highest BCUT2D eigenvalue weighted by Crippen LogP contribution is 2.31. The summed E-state index contributed by atoms with van der Waals surface area (Å²) in [5.74, 6) is -0.960. The van der Waals surface area contributed by atoms with Crippen molar-refractivity contribution in [2.45, 2.75) is 32.5 Å². The van der Waals surface area contributed by atoms with Crippen LogP contribution >= 0.6 is 0 Å². The van der Waals surface area contributed by atoms with E-state index < -0.39 is 11.9 Å². The van der Waals surface area contributed by atoms with E-state index >= 15 is 0 Å². The Kier molecular flexibility index (Phi) is 7.96. The maximum atomic E-state index is 14.5. The molecule has 36 heavy (non-hydrogen) atoms. The third-order valence-electron chi connectivity index (χ3n) is 6.60. The zero-order valence-corrected chi connectivity index (χ0v) is 20.7. The molecule has 3 atom stereocenters. The van der Waals surface area contributed by atoms with Crippen LogP contribution < -0.4 is 4.74 Å². The van der Waals surface area contributed by atoms with Gasteiger partial charge in [0.25, 0.3) is 5.91 Å². The third-order valence-corrected chi connectivity index (χ3v) is 6.60. The van der Waals surface area contributed by atoms with E-state index in [1.54, 1.807) is 54.3 Å². The van der Waals surface area contributed by atoms with Crippen molar-refractivity contribution in [1.82, 2.24) is 14.8 Å². The summed E-state index contributed by atoms with van der Waals surface area (Å²) >= 11 is 0. The first-order valence-electron chi connectivity index (χ1n) is 12.0. The molecule has 1 aromatic heterocycles. The minimum Gasteiger partial charge on any atom is -0.472 e. The van der Waals surface area contributed by atoms with Gasteiger partial charge in [-0.05, 0) is 32.2 Å². The smallest absolute Gasteiger partial charge is 0.259 e. The molecule has 8 heteroatoms. The summed E-state index contributed by atoms with van der Waals surface area (Å²) in [6, 6.07) is 14.1. The van der Waals surface area contributed by atoms with Gasteiger partial charge in [0, 0.05) is 48.4 Å². The van der Waals surface area contributed by atoms with Crippen LogP contribution in [0.3, 0.4) is 0 Å². The SMILES string of the molecule is C[C@@H]1CN([C@H](C)CO)C(=O)c2cc(-c3ccccc3F)cnc2O[C@@H]1CN(C)Cc1ccccc1F. The fourth-order valence-corrected chi connectivity index (χ4v) is 4.45. The Hall–Kier alpha value is -3.36. The Morgan fingerprint density at radius 3 is 2.53 bits per heavy atom. The van der Waals surface area contributed by atoms with Gasteiger partial charge in [-0.25, -0.2) is 13.8 Å². The lowest BCUT2D eigenvalue weighted by Crippen LogP contribution is -2.49. The largest absolute Gasteiger partial charge is 0.472 e. The number of aromatic nitrogens is 1. The van der Waals surface area contributed by atoms with Gasteiger partial charge >= 0.3 is 0 Å². The summed E-state index contributed by atoms with van der Waals surface area (Å²) in [6.45, 7) is 4.75. The molecule has 0 unspecified atom stereocenters. The molecule has 2 aromatic carbocycles. The Morgan fingerprint density at radius 2 is 1.83 bits per heavy atom. The fourth-order valence-electron chi connectivity index (χ4n) is 4.45. The lowest BCUT2D eigenvalue weighted by Gasteiger charge is -2.37. The molecule has 1 aliphatic heterocycles. The summed E-state index contributed by atoms with van der Waals surface area (Å²) in [4.78, 5) is 21.6. The number of carbonyl (C=O) groups is 1. The van der Waals surface area contributed by atoms with Gasteiger partial charge in [-0.15, -0.1) is 0 Å². The van der Waals surface area contributed by atoms with Gasteiger partial charge in [0.2, 0.25) is 5.88 Å². The molecule has 0 radical (unpaired) electrons. The van der Waals surface area contributed by atoms with Gasteiger partial charge in [-0.1, -0.05) is 43.3 Å². The fraction of sp³-hybridized carbons (Fsp3) is 0.357. The monoisotopic (exact) mass is 495 g/mol. The quantitative estimate of drug-likeness (QED) is 0.527. The van der Waals surface area contributed by atoms with Crippen LogP contribution in [-0.2, 0) is 6.54 Å². The number of amides is 1. The number of nitrogens with zero attached hydrogens (tertiary/aromatic N) is 3. The molecule has 190 valence electrons. The molecule has 0 spiro atoms. The number of fused-ring (bicyclic) bond motifs is 1. The second-order valence-corrected chi connectivity index (χ2v) is 9.47. The zero-order chi connectivity index (χ0) is 25.8. The van der Waals surface area contributed by atoms with Crippen molar-refractivity contribution < 1.29 is 23.4 Å². The molecular formula is C28H31F2N3O3. The van der Waals surface area contributed by atoms with E-state index in [2.05, 4.69) is 4.98 Å². The average Bonchev–Trinajstić information content (AvgIpc) is 2.87. The Balaban J connectivity index is 1.67. The van der Waals surface area contributed by atoms with E-state index in [-0.39, 0.29) is 41.8 Å². The molecule has 0 fully saturated rings. The molecule has 4 rings (SSSR count). The van der Waals surface area contributed by atoms with E-state index in [1.807, 2.05) is 18.9 Å². The van der Waals surface area contributed by atoms with E-state index in [9.17, 15) is 18.7 Å². The number of hydrogen-bond donors (Lipinski definition) is 1. The standard InChI is InChI=1S/C28H31F2N3O3/c1-18-14-33(19(2)17-34)28(35)23-12-21(22-9-5-7-11-25(22)30)13-31-27(23)36-26(18)16-32(3)15-20-8-4-6-10-24(20)29/h4-13,18-19,26,34H,14-17H2,1-3H3/t18-,19-,26-/m1/s1. The molecule has 6 nitrogen and oxygen atoms in total. The van der Waals surface area contributed by atoms with Crippen LogP contribution in [0.2, 0.25) is 0 Å². The Labute approximate surface area is 210 Å². The number of rotatable bonds is 7. The second kappa shape index (κ2) is 11.1. The number of hydrogen-bond acceptors (Lipinski definition) is 5. The van der Waals surface area contributed by atoms with Crippen molar-refractivity contribution >= 4 is 5.91 Å². The lowest BCUT2D eigenvalue weighted by molar-refractivity contribution is 0.0324. The maximum absolute atomic E-state index is 14.5. The van der Waals surface area contributed by atoms with Gasteiger partial charge in [-0.3, -0.25) is 9.69 Å². The first kappa shape index (κ1) is 25.7. The van der Waals surface area contributed by atoms with Crippen molar-refractivity contribution in [3.63, 3.8) is 0 Å². The molecule has 0 saturated carbocycles. The third kappa shape index (κ3) is 5.55. The summed E-state index contributed by atoms with van der Waals surface area (Å²) in [5.41, 5.74) is 1.59. The van der Waals surface area contributed by atoms with Crippen LogP contribution in [0.25, 0.3) is 11.1 Å². The minimum atomic E-state index is -0.431. The molecule has 0 aliphatic carbocycles. The number of aliphatic hydroxyl groups is 1. The lowest BCUT2D eigenvalue weighted by atomic mass is 9.99. The average molecular weight is 496 g/mol. The topological polar surface area (TPSA) is 65.9 Å². The van der Waals surface area contributed by atoms with Crippen molar-refractivity contribution in [3.8, 4) is 17.0 Å². The van der Waals surface area contributed by atoms with Gasteiger partial charge in [0.15, 0.2) is 0 Å². The molecule has 1 N–H and O–H groups in total. The van der Waals surface area contributed by atoms with E-state index in [0.29, 0.717) is 36.3 Å². The number of halogens is 2. The summed E-state index contributed by atoms with van der Waals surface area (Å²) in [7, 11) is 1.89. The normalized spacial score (nSPS) is 18.9. The minimum absolute atomic E-state index is 0.104. The second-order valence-electron chi connectivity index (χ2n) is 9.47. The van der Waals surface area contributed by atoms with Crippen LogP contribution in [0.15, 0.2) is 60.8 Å².